The molecule has 254 valence electrons. The summed E-state index contributed by atoms with van der Waals surface area (Å²) in [7, 11) is 0. The number of carbonyl (C=O) groups is 4. The van der Waals surface area contributed by atoms with Gasteiger partial charge in [0.1, 0.15) is 12.7 Å². The van der Waals surface area contributed by atoms with Crippen molar-refractivity contribution in [2.24, 2.45) is 27.6 Å². The summed E-state index contributed by atoms with van der Waals surface area (Å²) >= 11 is 0. The van der Waals surface area contributed by atoms with Gasteiger partial charge in [-0.15, -0.1) is 0 Å². The molecular weight excluding hydrogens is 572 g/mol. The molecule has 0 aromatic heterocycles. The van der Waals surface area contributed by atoms with E-state index in [1.165, 1.54) is 6.26 Å². The van der Waals surface area contributed by atoms with Gasteiger partial charge >= 0.3 is 23.9 Å². The van der Waals surface area contributed by atoms with Crippen LogP contribution in [0.5, 0.6) is 0 Å². The first-order valence-corrected chi connectivity index (χ1v) is 15.3. The van der Waals surface area contributed by atoms with Gasteiger partial charge in [0, 0.05) is 5.92 Å². The summed E-state index contributed by atoms with van der Waals surface area (Å²) in [6, 6.07) is 0. The van der Waals surface area contributed by atoms with E-state index in [0.29, 0.717) is 6.42 Å². The second kappa shape index (κ2) is 15.1. The van der Waals surface area contributed by atoms with Crippen LogP contribution >= 0.6 is 0 Å². The second-order valence-corrected chi connectivity index (χ2v) is 15.6. The lowest BCUT2D eigenvalue weighted by Gasteiger charge is -2.45. The minimum absolute atomic E-state index is 0.280. The molecule has 0 saturated carbocycles. The van der Waals surface area contributed by atoms with Crippen molar-refractivity contribution in [2.45, 2.75) is 140 Å². The number of aliphatic hydroxyl groups excluding tert-OH is 1. The molecule has 1 aliphatic rings. The Morgan fingerprint density at radius 1 is 0.705 bits per heavy atom. The molecule has 0 aromatic rings. The monoisotopic (exact) mass is 628 g/mol. The number of ether oxygens (including phenoxy) is 6. The maximum atomic E-state index is 13.3. The molecule has 0 amide bonds. The fourth-order valence-corrected chi connectivity index (χ4v) is 3.55. The zero-order chi connectivity index (χ0) is 34.4. The summed E-state index contributed by atoms with van der Waals surface area (Å²) in [6.07, 6.45) is -3.85. The molecule has 0 aliphatic carbocycles. The van der Waals surface area contributed by atoms with Crippen molar-refractivity contribution >= 4 is 23.9 Å². The first kappa shape index (κ1) is 39.4. The lowest BCUT2D eigenvalue weighted by atomic mass is 9.93. The molecule has 11 nitrogen and oxygen atoms in total. The normalized spacial score (nSPS) is 24.7. The quantitative estimate of drug-likeness (QED) is 0.196. The molecule has 0 spiro atoms. The Morgan fingerprint density at radius 2 is 1.11 bits per heavy atom. The third-order valence-electron chi connectivity index (χ3n) is 6.77. The Bertz CT molecular complexity index is 1020. The molecule has 1 aliphatic heterocycles. The molecule has 1 heterocycles. The molecule has 0 unspecified atom stereocenters. The van der Waals surface area contributed by atoms with E-state index in [-0.39, 0.29) is 12.5 Å². The standard InChI is InChI=1S/C33H56O11/c1-15-20(34)19(2)16-17-39-25-24(44-29(38)33(12,13)14)23(43-28(37)32(9,10)11)22(42-27(36)31(6,7)8)21(41-25)18-40-26(35)30(3,4)5/h16-17,19-25,34H,15,18H2,1-14H3/b17-16+/t19-,20+,21+,22+,23-,24+,25+/m0/s1. The van der Waals surface area contributed by atoms with E-state index in [1.54, 1.807) is 96.1 Å². The van der Waals surface area contributed by atoms with Gasteiger partial charge in [0.2, 0.25) is 12.4 Å². The first-order valence-electron chi connectivity index (χ1n) is 15.3. The van der Waals surface area contributed by atoms with Crippen LogP contribution in [0.3, 0.4) is 0 Å². The highest BCUT2D eigenvalue weighted by molar-refractivity contribution is 5.78. The van der Waals surface area contributed by atoms with Gasteiger partial charge in [0.05, 0.1) is 34.0 Å². The number of hydrogen-bond acceptors (Lipinski definition) is 11. The van der Waals surface area contributed by atoms with Gasteiger partial charge in [0.15, 0.2) is 12.2 Å². The molecule has 0 radical (unpaired) electrons. The van der Waals surface area contributed by atoms with Gasteiger partial charge in [-0.2, -0.15) is 0 Å². The van der Waals surface area contributed by atoms with Crippen LogP contribution in [-0.4, -0.2) is 72.4 Å². The van der Waals surface area contributed by atoms with Crippen LogP contribution < -0.4 is 0 Å². The third-order valence-corrected chi connectivity index (χ3v) is 6.77. The molecule has 0 bridgehead atoms. The average molecular weight is 629 g/mol. The van der Waals surface area contributed by atoms with Gasteiger partial charge in [-0.25, -0.2) is 0 Å². The largest absolute Gasteiger partial charge is 0.469 e. The van der Waals surface area contributed by atoms with E-state index in [0.717, 1.165) is 0 Å². The van der Waals surface area contributed by atoms with Crippen LogP contribution in [-0.2, 0) is 47.6 Å². The van der Waals surface area contributed by atoms with Crippen LogP contribution in [0.15, 0.2) is 12.3 Å². The fourth-order valence-electron chi connectivity index (χ4n) is 3.55. The van der Waals surface area contributed by atoms with Gasteiger partial charge < -0.3 is 33.5 Å². The van der Waals surface area contributed by atoms with Gasteiger partial charge in [-0.1, -0.05) is 13.8 Å². The van der Waals surface area contributed by atoms with Crippen molar-refractivity contribution in [1.29, 1.82) is 0 Å². The van der Waals surface area contributed by atoms with Gasteiger partial charge in [0.25, 0.3) is 0 Å². The smallest absolute Gasteiger partial charge is 0.311 e. The van der Waals surface area contributed by atoms with E-state index < -0.39 is 82.3 Å². The number of carbonyl (C=O) groups excluding carboxylic acids is 4. The minimum Gasteiger partial charge on any atom is -0.469 e. The Labute approximate surface area is 263 Å². The van der Waals surface area contributed by atoms with Crippen molar-refractivity contribution in [2.75, 3.05) is 6.61 Å². The van der Waals surface area contributed by atoms with Crippen LogP contribution in [0.25, 0.3) is 0 Å². The SMILES string of the molecule is CC[C@@H](O)[C@@H](C)/C=C/O[C@@H]1O[C@H](COC(=O)C(C)(C)C)[C@@H](OC(=O)C(C)(C)C)[C@H](OC(=O)C(C)(C)C)[C@H]1OC(=O)C(C)(C)C. The van der Waals surface area contributed by atoms with Crippen molar-refractivity contribution in [3.05, 3.63) is 12.3 Å². The Balaban J connectivity index is 3.76. The predicted octanol–water partition coefficient (Wildman–Crippen LogP) is 5.11. The highest BCUT2D eigenvalue weighted by Gasteiger charge is 2.55. The Hall–Kier alpha value is -2.66. The minimum atomic E-state index is -1.40. The molecule has 1 saturated heterocycles. The molecule has 7 atom stereocenters. The number of esters is 4. The summed E-state index contributed by atoms with van der Waals surface area (Å²) in [4.78, 5) is 52.4. The predicted molar refractivity (Wildman–Crippen MR) is 163 cm³/mol. The van der Waals surface area contributed by atoms with Crippen LogP contribution in [0.1, 0.15) is 103 Å². The highest BCUT2D eigenvalue weighted by atomic mass is 16.7. The number of aliphatic hydroxyl groups is 1. The first-order chi connectivity index (χ1) is 19.8. The lowest BCUT2D eigenvalue weighted by Crippen LogP contribution is -2.64. The summed E-state index contributed by atoms with van der Waals surface area (Å²) in [5, 5.41) is 10.2. The van der Waals surface area contributed by atoms with E-state index in [9.17, 15) is 24.3 Å². The van der Waals surface area contributed by atoms with E-state index in [4.69, 9.17) is 28.4 Å². The molecule has 44 heavy (non-hydrogen) atoms. The third kappa shape index (κ3) is 11.7. The topological polar surface area (TPSA) is 144 Å². The second-order valence-electron chi connectivity index (χ2n) is 15.6. The molecule has 1 fully saturated rings. The zero-order valence-corrected chi connectivity index (χ0v) is 29.1. The molecular formula is C33H56O11. The van der Waals surface area contributed by atoms with E-state index >= 15 is 0 Å². The highest BCUT2D eigenvalue weighted by Crippen LogP contribution is 2.34. The van der Waals surface area contributed by atoms with Crippen LogP contribution in [0.2, 0.25) is 0 Å². The maximum absolute atomic E-state index is 13.3. The van der Waals surface area contributed by atoms with Crippen molar-refractivity contribution < 1.29 is 52.7 Å². The van der Waals surface area contributed by atoms with Crippen molar-refractivity contribution in [1.82, 2.24) is 0 Å². The van der Waals surface area contributed by atoms with E-state index in [2.05, 4.69) is 0 Å². The van der Waals surface area contributed by atoms with Crippen molar-refractivity contribution in [3.63, 3.8) is 0 Å². The zero-order valence-electron chi connectivity index (χ0n) is 29.1. The van der Waals surface area contributed by atoms with Crippen LogP contribution in [0, 0.1) is 27.6 Å². The summed E-state index contributed by atoms with van der Waals surface area (Å²) in [5.41, 5.74) is -3.75. The van der Waals surface area contributed by atoms with Crippen molar-refractivity contribution in [3.8, 4) is 0 Å². The molecule has 0 aromatic carbocycles. The summed E-state index contributed by atoms with van der Waals surface area (Å²) < 4.78 is 35.5. The maximum Gasteiger partial charge on any atom is 0.311 e. The van der Waals surface area contributed by atoms with E-state index in [1.807, 2.05) is 6.92 Å². The van der Waals surface area contributed by atoms with Crippen LogP contribution in [0.4, 0.5) is 0 Å². The fraction of sp³-hybridized carbons (Fsp3) is 0.818. The molecule has 11 heteroatoms. The number of rotatable bonds is 10. The molecule has 1 N–H and O–H groups in total. The summed E-state index contributed by atoms with van der Waals surface area (Å²) in [5.74, 6) is -2.76. The number of hydrogen-bond donors (Lipinski definition) is 1. The Morgan fingerprint density at radius 3 is 1.52 bits per heavy atom. The Kier molecular flexibility index (Phi) is 13.5. The molecule has 1 rings (SSSR count). The van der Waals surface area contributed by atoms with Gasteiger partial charge in [-0.3, -0.25) is 19.2 Å². The lowest BCUT2D eigenvalue weighted by molar-refractivity contribution is -0.301. The van der Waals surface area contributed by atoms with Gasteiger partial charge in [-0.05, 0) is 95.6 Å². The summed E-state index contributed by atoms with van der Waals surface area (Å²) in [6.45, 7) is 23.2. The average Bonchev–Trinajstić information content (AvgIpc) is 2.87.